The fourth-order valence-electron chi connectivity index (χ4n) is 5.40. The van der Waals surface area contributed by atoms with E-state index >= 15 is 0 Å². The minimum absolute atomic E-state index is 0.665. The van der Waals surface area contributed by atoms with Gasteiger partial charge in [0.15, 0.2) is 0 Å². The van der Waals surface area contributed by atoms with Gasteiger partial charge in [0.25, 0.3) is 0 Å². The molecule has 0 N–H and O–H groups in total. The van der Waals surface area contributed by atoms with E-state index in [1.807, 2.05) is 36.7 Å². The zero-order valence-electron chi connectivity index (χ0n) is 25.5. The predicted octanol–water partition coefficient (Wildman–Crippen LogP) is 5.58. The molecule has 0 radical (unpaired) electrons. The predicted molar refractivity (Wildman–Crippen MR) is 168 cm³/mol. The van der Waals surface area contributed by atoms with Crippen LogP contribution in [0.15, 0.2) is 60.9 Å². The first-order valence-electron chi connectivity index (χ1n) is 14.1. The van der Waals surface area contributed by atoms with Gasteiger partial charge in [0.05, 0.1) is 53.8 Å². The average molecular weight is 587 g/mol. The van der Waals surface area contributed by atoms with E-state index in [0.29, 0.717) is 34.5 Å². The molecule has 226 valence electrons. The summed E-state index contributed by atoms with van der Waals surface area (Å²) in [7, 11) is 9.79. The number of benzene rings is 2. The van der Waals surface area contributed by atoms with Crippen molar-refractivity contribution in [2.45, 2.75) is 6.42 Å². The molecule has 0 spiro atoms. The highest BCUT2D eigenvalue weighted by molar-refractivity contribution is 5.79. The van der Waals surface area contributed by atoms with Crippen molar-refractivity contribution in [3.05, 3.63) is 60.9 Å². The lowest BCUT2D eigenvalue weighted by Gasteiger charge is -2.24. The van der Waals surface area contributed by atoms with Crippen LogP contribution in [0.3, 0.4) is 0 Å². The third-order valence-corrected chi connectivity index (χ3v) is 7.65. The summed E-state index contributed by atoms with van der Waals surface area (Å²) in [6, 6.07) is 15.6. The van der Waals surface area contributed by atoms with E-state index in [2.05, 4.69) is 34.1 Å². The number of aromatic nitrogens is 2. The Morgan fingerprint density at radius 1 is 0.488 bits per heavy atom. The van der Waals surface area contributed by atoms with Crippen LogP contribution in [0.1, 0.15) is 6.42 Å². The third kappa shape index (κ3) is 6.18. The maximum Gasteiger partial charge on any atom is 0.134 e. The lowest BCUT2D eigenvalue weighted by atomic mass is 10.0. The fraction of sp³-hybridized carbons (Fsp3) is 0.333. The van der Waals surface area contributed by atoms with Gasteiger partial charge >= 0.3 is 0 Å². The number of pyridine rings is 2. The lowest BCUT2D eigenvalue weighted by Crippen LogP contribution is -2.31. The monoisotopic (exact) mass is 586 g/mol. The number of hydrogen-bond acceptors (Lipinski definition) is 10. The van der Waals surface area contributed by atoms with Crippen molar-refractivity contribution in [1.82, 2.24) is 9.97 Å². The standard InChI is InChI=1S/C33H38N4O6/c1-38-24-16-26(40-3)32(27(17-24)41-4)22-8-10-30(34-20-22)36-12-7-13-37(15-14-36)31-11-9-23(21-35-31)33-28(42-5)18-25(39-2)19-29(33)43-6/h8-11,16-21H,7,12-15H2,1-6H3. The van der Waals surface area contributed by atoms with Crippen molar-refractivity contribution in [1.29, 1.82) is 0 Å². The highest BCUT2D eigenvalue weighted by atomic mass is 16.5. The van der Waals surface area contributed by atoms with Crippen LogP contribution in [0.25, 0.3) is 22.3 Å². The first-order chi connectivity index (χ1) is 21.0. The van der Waals surface area contributed by atoms with E-state index in [-0.39, 0.29) is 0 Å². The van der Waals surface area contributed by atoms with Gasteiger partial charge in [0, 0.05) is 74.0 Å². The summed E-state index contributed by atoms with van der Waals surface area (Å²) >= 11 is 0. The molecule has 0 saturated carbocycles. The summed E-state index contributed by atoms with van der Waals surface area (Å²) in [5, 5.41) is 0. The smallest absolute Gasteiger partial charge is 0.134 e. The largest absolute Gasteiger partial charge is 0.496 e. The van der Waals surface area contributed by atoms with Crippen LogP contribution in [0.2, 0.25) is 0 Å². The van der Waals surface area contributed by atoms with Gasteiger partial charge < -0.3 is 38.2 Å². The van der Waals surface area contributed by atoms with E-state index in [0.717, 1.165) is 66.5 Å². The van der Waals surface area contributed by atoms with Crippen LogP contribution in [0.4, 0.5) is 11.6 Å². The SMILES string of the molecule is COc1cc(OC)c(-c2ccc(N3CCCN(c4ccc(-c5c(OC)cc(OC)cc5OC)cn4)CC3)nc2)c(OC)c1. The summed E-state index contributed by atoms with van der Waals surface area (Å²) < 4.78 is 33.3. The maximum absolute atomic E-state index is 5.64. The molecule has 1 fully saturated rings. The van der Waals surface area contributed by atoms with Gasteiger partial charge in [-0.3, -0.25) is 0 Å². The van der Waals surface area contributed by atoms with Crippen molar-refractivity contribution in [3.63, 3.8) is 0 Å². The van der Waals surface area contributed by atoms with E-state index in [1.165, 1.54) is 0 Å². The molecule has 1 aliphatic heterocycles. The average Bonchev–Trinajstić information content (AvgIpc) is 3.33. The number of hydrogen-bond donors (Lipinski definition) is 0. The molecule has 5 rings (SSSR count). The zero-order valence-corrected chi connectivity index (χ0v) is 25.5. The normalized spacial score (nSPS) is 13.3. The minimum Gasteiger partial charge on any atom is -0.496 e. The van der Waals surface area contributed by atoms with Crippen molar-refractivity contribution in [3.8, 4) is 56.8 Å². The second kappa shape index (κ2) is 13.4. The summed E-state index contributed by atoms with van der Waals surface area (Å²) in [6.45, 7) is 3.45. The Kier molecular flexibility index (Phi) is 9.24. The molecule has 0 unspecified atom stereocenters. The first-order valence-corrected chi connectivity index (χ1v) is 14.1. The van der Waals surface area contributed by atoms with E-state index in [4.69, 9.17) is 38.4 Å². The molecule has 2 aromatic heterocycles. The van der Waals surface area contributed by atoms with Crippen molar-refractivity contribution in [2.75, 3.05) is 78.6 Å². The molecule has 10 nitrogen and oxygen atoms in total. The molecule has 4 aromatic rings. The fourth-order valence-corrected chi connectivity index (χ4v) is 5.40. The molecule has 1 saturated heterocycles. The summed E-state index contributed by atoms with van der Waals surface area (Å²) in [6.07, 6.45) is 4.72. The lowest BCUT2D eigenvalue weighted by molar-refractivity contribution is 0.377. The van der Waals surface area contributed by atoms with Gasteiger partial charge in [-0.15, -0.1) is 0 Å². The van der Waals surface area contributed by atoms with E-state index < -0.39 is 0 Å². The van der Waals surface area contributed by atoms with E-state index in [1.54, 1.807) is 42.7 Å². The molecule has 0 atom stereocenters. The van der Waals surface area contributed by atoms with Gasteiger partial charge in [0.1, 0.15) is 46.1 Å². The molecular formula is C33H38N4O6. The Morgan fingerprint density at radius 3 is 1.14 bits per heavy atom. The molecular weight excluding hydrogens is 548 g/mol. The van der Waals surface area contributed by atoms with Crippen LogP contribution in [-0.4, -0.2) is 78.8 Å². The summed E-state index contributed by atoms with van der Waals surface area (Å²) in [5.74, 6) is 5.85. The Morgan fingerprint density at radius 2 is 0.860 bits per heavy atom. The molecule has 2 aromatic carbocycles. The van der Waals surface area contributed by atoms with Gasteiger partial charge in [-0.25, -0.2) is 9.97 Å². The van der Waals surface area contributed by atoms with Crippen LogP contribution >= 0.6 is 0 Å². The highest BCUT2D eigenvalue weighted by Gasteiger charge is 2.21. The first kappa shape index (κ1) is 29.6. The number of ether oxygens (including phenoxy) is 6. The van der Waals surface area contributed by atoms with Gasteiger partial charge in [0.2, 0.25) is 0 Å². The second-order valence-corrected chi connectivity index (χ2v) is 9.95. The van der Waals surface area contributed by atoms with Crippen molar-refractivity contribution < 1.29 is 28.4 Å². The van der Waals surface area contributed by atoms with Crippen molar-refractivity contribution >= 4 is 11.6 Å². The number of methoxy groups -OCH3 is 6. The zero-order chi connectivity index (χ0) is 30.3. The quantitative estimate of drug-likeness (QED) is 0.235. The van der Waals surface area contributed by atoms with E-state index in [9.17, 15) is 0 Å². The molecule has 3 heterocycles. The summed E-state index contributed by atoms with van der Waals surface area (Å²) in [5.41, 5.74) is 3.49. The highest BCUT2D eigenvalue weighted by Crippen LogP contribution is 2.43. The van der Waals surface area contributed by atoms with Gasteiger partial charge in [-0.05, 0) is 30.7 Å². The molecule has 43 heavy (non-hydrogen) atoms. The molecule has 0 aliphatic carbocycles. The van der Waals surface area contributed by atoms with Gasteiger partial charge in [-0.1, -0.05) is 0 Å². The maximum atomic E-state index is 5.64. The number of anilines is 2. The summed E-state index contributed by atoms with van der Waals surface area (Å²) in [4.78, 5) is 14.3. The molecule has 0 amide bonds. The second-order valence-electron chi connectivity index (χ2n) is 9.95. The Balaban J connectivity index is 1.30. The number of rotatable bonds is 10. The van der Waals surface area contributed by atoms with Crippen molar-refractivity contribution in [2.24, 2.45) is 0 Å². The van der Waals surface area contributed by atoms with Crippen LogP contribution in [0.5, 0.6) is 34.5 Å². The molecule has 10 heteroatoms. The van der Waals surface area contributed by atoms with Crippen LogP contribution in [-0.2, 0) is 0 Å². The molecule has 1 aliphatic rings. The third-order valence-electron chi connectivity index (χ3n) is 7.65. The minimum atomic E-state index is 0.665. The Labute approximate surface area is 252 Å². The van der Waals surface area contributed by atoms with Crippen LogP contribution in [0, 0.1) is 0 Å². The molecule has 0 bridgehead atoms. The van der Waals surface area contributed by atoms with Crippen LogP contribution < -0.4 is 38.2 Å². The Hall–Kier alpha value is -4.86. The number of nitrogens with zero attached hydrogens (tertiary/aromatic N) is 4. The Bertz CT molecular complexity index is 1360. The topological polar surface area (TPSA) is 87.6 Å². The van der Waals surface area contributed by atoms with Gasteiger partial charge in [-0.2, -0.15) is 0 Å².